The van der Waals surface area contributed by atoms with Crippen LogP contribution in [0.15, 0.2) is 59.7 Å². The third-order valence-corrected chi connectivity index (χ3v) is 4.33. The molecule has 0 atom stereocenters. The average Bonchev–Trinajstić information content (AvgIpc) is 3.19. The molecule has 0 bridgehead atoms. The monoisotopic (exact) mass is 505 g/mol. The van der Waals surface area contributed by atoms with E-state index < -0.39 is 0 Å². The molecular weight excluding hydrogens is 477 g/mol. The molecule has 0 aliphatic carbocycles. The molecule has 1 heterocycles. The Morgan fingerprint density at radius 2 is 1.86 bits per heavy atom. The first kappa shape index (κ1) is 22.7. The molecule has 0 spiro atoms. The Balaban J connectivity index is 0.00000300. The summed E-state index contributed by atoms with van der Waals surface area (Å²) in [5, 5.41) is 6.62. The topological polar surface area (TPSA) is 74.3 Å². The molecule has 6 nitrogen and oxygen atoms in total. The predicted molar refractivity (Wildman–Crippen MR) is 129 cm³/mol. The third kappa shape index (κ3) is 6.49. The van der Waals surface area contributed by atoms with Crippen LogP contribution < -0.4 is 15.4 Å². The smallest absolute Gasteiger partial charge is 0.191 e. The highest BCUT2D eigenvalue weighted by Crippen LogP contribution is 2.20. The number of hydrogen-bond acceptors (Lipinski definition) is 3. The highest BCUT2D eigenvalue weighted by Gasteiger charge is 2.07. The van der Waals surface area contributed by atoms with Gasteiger partial charge in [-0.3, -0.25) is 4.99 Å². The Kier molecular flexibility index (Phi) is 8.98. The lowest BCUT2D eigenvalue weighted by Gasteiger charge is -2.14. The van der Waals surface area contributed by atoms with Gasteiger partial charge in [0.25, 0.3) is 0 Å². The molecule has 3 rings (SSSR count). The summed E-state index contributed by atoms with van der Waals surface area (Å²) in [5.74, 6) is 2.47. The summed E-state index contributed by atoms with van der Waals surface area (Å²) in [6.07, 6.45) is 1.85. The van der Waals surface area contributed by atoms with Crippen molar-refractivity contribution < 1.29 is 4.74 Å². The van der Waals surface area contributed by atoms with Crippen LogP contribution in [-0.4, -0.2) is 29.6 Å². The molecule has 7 heteroatoms. The van der Waals surface area contributed by atoms with E-state index in [-0.39, 0.29) is 24.0 Å². The first-order chi connectivity index (χ1) is 13.7. The molecule has 0 saturated carbocycles. The maximum Gasteiger partial charge on any atom is 0.191 e. The summed E-state index contributed by atoms with van der Waals surface area (Å²) in [4.78, 5) is 12.1. The van der Waals surface area contributed by atoms with Gasteiger partial charge in [-0.05, 0) is 31.0 Å². The maximum absolute atomic E-state index is 5.74. The Hall–Kier alpha value is -2.55. The average molecular weight is 505 g/mol. The van der Waals surface area contributed by atoms with Gasteiger partial charge < -0.3 is 20.4 Å². The fourth-order valence-electron chi connectivity index (χ4n) is 2.88. The van der Waals surface area contributed by atoms with Crippen LogP contribution in [0.3, 0.4) is 0 Å². The predicted octanol–water partition coefficient (Wildman–Crippen LogP) is 4.27. The van der Waals surface area contributed by atoms with E-state index >= 15 is 0 Å². The van der Waals surface area contributed by atoms with Crippen molar-refractivity contribution >= 4 is 29.9 Å². The molecule has 0 aliphatic rings. The second-order valence-electron chi connectivity index (χ2n) is 6.43. The highest BCUT2D eigenvalue weighted by atomic mass is 127. The number of rotatable bonds is 7. The number of aromatic amines is 1. The van der Waals surface area contributed by atoms with Crippen molar-refractivity contribution in [3.63, 3.8) is 0 Å². The normalized spacial score (nSPS) is 10.9. The Labute approximate surface area is 189 Å². The van der Waals surface area contributed by atoms with Crippen molar-refractivity contribution in [3.05, 3.63) is 71.7 Å². The molecule has 3 aromatic rings. The molecule has 2 aromatic carbocycles. The lowest BCUT2D eigenvalue weighted by molar-refractivity contribution is 0.336. The van der Waals surface area contributed by atoms with E-state index in [0.29, 0.717) is 25.7 Å². The quantitative estimate of drug-likeness (QED) is 0.255. The van der Waals surface area contributed by atoms with Crippen LogP contribution in [0.4, 0.5) is 0 Å². The molecular formula is C22H28IN5O. The largest absolute Gasteiger partial charge is 0.494 e. The fraction of sp³-hybridized carbons (Fsp3) is 0.273. The Morgan fingerprint density at radius 1 is 1.10 bits per heavy atom. The highest BCUT2D eigenvalue weighted by molar-refractivity contribution is 14.0. The second-order valence-corrected chi connectivity index (χ2v) is 6.43. The maximum atomic E-state index is 5.74. The van der Waals surface area contributed by atoms with Gasteiger partial charge >= 0.3 is 0 Å². The Bertz CT molecular complexity index is 924. The standard InChI is InChI=1S/C22H27N5O.HI/c1-4-28-20-12-16(2)10-11-18(20)13-25-22(23-3)26-15-21-24-14-19(27-21)17-8-6-5-7-9-17;/h5-12,14H,4,13,15H2,1-3H3,(H,24,27)(H2,23,25,26);1H. The lowest BCUT2D eigenvalue weighted by atomic mass is 10.1. The minimum atomic E-state index is 0. The number of H-pyrrole nitrogens is 1. The van der Waals surface area contributed by atoms with E-state index in [0.717, 1.165) is 28.4 Å². The molecule has 0 saturated heterocycles. The summed E-state index contributed by atoms with van der Waals surface area (Å²) in [6, 6.07) is 16.4. The zero-order valence-electron chi connectivity index (χ0n) is 17.0. The van der Waals surface area contributed by atoms with Gasteiger partial charge in [0.1, 0.15) is 11.6 Å². The first-order valence-corrected chi connectivity index (χ1v) is 9.45. The summed E-state index contributed by atoms with van der Waals surface area (Å²) in [7, 11) is 1.76. The van der Waals surface area contributed by atoms with E-state index in [1.807, 2.05) is 31.3 Å². The molecule has 0 radical (unpaired) electrons. The van der Waals surface area contributed by atoms with Crippen molar-refractivity contribution in [2.45, 2.75) is 26.9 Å². The van der Waals surface area contributed by atoms with Crippen LogP contribution in [-0.2, 0) is 13.1 Å². The number of hydrogen-bond donors (Lipinski definition) is 3. The fourth-order valence-corrected chi connectivity index (χ4v) is 2.88. The first-order valence-electron chi connectivity index (χ1n) is 9.45. The van der Waals surface area contributed by atoms with Gasteiger partial charge in [-0.25, -0.2) is 4.98 Å². The van der Waals surface area contributed by atoms with Gasteiger partial charge in [0.2, 0.25) is 0 Å². The molecule has 1 aromatic heterocycles. The number of aliphatic imine (C=N–C) groups is 1. The second kappa shape index (κ2) is 11.5. The van der Waals surface area contributed by atoms with E-state index in [9.17, 15) is 0 Å². The SMILES string of the molecule is CCOc1cc(C)ccc1CNC(=NC)NCc1ncc(-c2ccccc2)[nH]1.I. The molecule has 29 heavy (non-hydrogen) atoms. The minimum absolute atomic E-state index is 0. The van der Waals surface area contributed by atoms with Gasteiger partial charge in [0, 0.05) is 19.2 Å². The zero-order valence-corrected chi connectivity index (χ0v) is 19.4. The molecule has 154 valence electrons. The third-order valence-electron chi connectivity index (χ3n) is 4.33. The van der Waals surface area contributed by atoms with Crippen molar-refractivity contribution in [2.75, 3.05) is 13.7 Å². The van der Waals surface area contributed by atoms with E-state index in [2.05, 4.69) is 62.8 Å². The number of nitrogens with zero attached hydrogens (tertiary/aromatic N) is 2. The molecule has 0 fully saturated rings. The van der Waals surface area contributed by atoms with Crippen molar-refractivity contribution in [1.29, 1.82) is 0 Å². The minimum Gasteiger partial charge on any atom is -0.494 e. The number of ether oxygens (including phenoxy) is 1. The number of halogens is 1. The van der Waals surface area contributed by atoms with Crippen LogP contribution in [0.2, 0.25) is 0 Å². The molecule has 0 amide bonds. The number of guanidine groups is 1. The van der Waals surface area contributed by atoms with E-state index in [1.54, 1.807) is 7.05 Å². The molecule has 3 N–H and O–H groups in total. The van der Waals surface area contributed by atoms with Gasteiger partial charge in [-0.1, -0.05) is 42.5 Å². The van der Waals surface area contributed by atoms with E-state index in [1.165, 1.54) is 5.56 Å². The summed E-state index contributed by atoms with van der Waals surface area (Å²) in [5.41, 5.74) is 4.40. The van der Waals surface area contributed by atoms with E-state index in [4.69, 9.17) is 4.74 Å². The Morgan fingerprint density at radius 3 is 2.59 bits per heavy atom. The van der Waals surface area contributed by atoms with Crippen LogP contribution >= 0.6 is 24.0 Å². The lowest BCUT2D eigenvalue weighted by Crippen LogP contribution is -2.36. The van der Waals surface area contributed by atoms with Crippen LogP contribution in [0.25, 0.3) is 11.3 Å². The number of benzene rings is 2. The number of aryl methyl sites for hydroxylation is 1. The van der Waals surface area contributed by atoms with Crippen LogP contribution in [0.1, 0.15) is 23.9 Å². The van der Waals surface area contributed by atoms with Gasteiger partial charge in [-0.15, -0.1) is 24.0 Å². The van der Waals surface area contributed by atoms with Crippen LogP contribution in [0, 0.1) is 6.92 Å². The molecule has 0 unspecified atom stereocenters. The van der Waals surface area contributed by atoms with Gasteiger partial charge in [0.15, 0.2) is 5.96 Å². The summed E-state index contributed by atoms with van der Waals surface area (Å²) in [6.45, 7) is 5.88. The van der Waals surface area contributed by atoms with Crippen LogP contribution in [0.5, 0.6) is 5.75 Å². The summed E-state index contributed by atoms with van der Waals surface area (Å²) >= 11 is 0. The zero-order chi connectivity index (χ0) is 19.8. The van der Waals surface area contributed by atoms with Gasteiger partial charge in [-0.2, -0.15) is 0 Å². The van der Waals surface area contributed by atoms with Gasteiger partial charge in [0.05, 0.1) is 25.0 Å². The van der Waals surface area contributed by atoms with Crippen molar-refractivity contribution in [1.82, 2.24) is 20.6 Å². The number of imidazole rings is 1. The van der Waals surface area contributed by atoms with Crippen molar-refractivity contribution in [3.8, 4) is 17.0 Å². The summed E-state index contributed by atoms with van der Waals surface area (Å²) < 4.78 is 5.74. The van der Waals surface area contributed by atoms with Crippen molar-refractivity contribution in [2.24, 2.45) is 4.99 Å². The molecule has 0 aliphatic heterocycles. The number of nitrogens with one attached hydrogen (secondary N) is 3. The number of aromatic nitrogens is 2.